The number of carbonyl (C=O) groups is 1. The minimum atomic E-state index is -0.0285. The van der Waals surface area contributed by atoms with Crippen molar-refractivity contribution in [1.82, 2.24) is 0 Å². The fourth-order valence-corrected chi connectivity index (χ4v) is 3.33. The van der Waals surface area contributed by atoms with Gasteiger partial charge in [0.15, 0.2) is 0 Å². The monoisotopic (exact) mass is 336 g/mol. The van der Waals surface area contributed by atoms with Gasteiger partial charge in [-0.3, -0.25) is 4.79 Å². The molecule has 1 fully saturated rings. The van der Waals surface area contributed by atoms with Crippen LogP contribution in [0.3, 0.4) is 0 Å². The summed E-state index contributed by atoms with van der Waals surface area (Å²) in [5.74, 6) is -0.0285. The highest BCUT2D eigenvalue weighted by atomic mass is 35.5. The predicted molar refractivity (Wildman–Crippen MR) is 91.1 cm³/mol. The average molecular weight is 337 g/mol. The summed E-state index contributed by atoms with van der Waals surface area (Å²) in [6.07, 6.45) is 0.382. The first-order valence-electron chi connectivity index (χ1n) is 7.17. The van der Waals surface area contributed by atoms with Crippen LogP contribution < -0.4 is 10.2 Å². The molecule has 0 bridgehead atoms. The molecule has 2 aromatic rings. The van der Waals surface area contributed by atoms with Crippen LogP contribution in [0.1, 0.15) is 4.88 Å². The van der Waals surface area contributed by atoms with E-state index in [9.17, 15) is 4.79 Å². The molecule has 0 saturated carbocycles. The lowest BCUT2D eigenvalue weighted by molar-refractivity contribution is -0.115. The molecule has 1 aliphatic rings. The van der Waals surface area contributed by atoms with Crippen molar-refractivity contribution < 1.29 is 9.53 Å². The van der Waals surface area contributed by atoms with Crippen molar-refractivity contribution in [1.29, 1.82) is 0 Å². The van der Waals surface area contributed by atoms with Gasteiger partial charge < -0.3 is 15.0 Å². The summed E-state index contributed by atoms with van der Waals surface area (Å²) in [5.41, 5.74) is 1.75. The maximum Gasteiger partial charge on any atom is 0.229 e. The number of benzene rings is 1. The lowest BCUT2D eigenvalue weighted by Gasteiger charge is -2.30. The van der Waals surface area contributed by atoms with E-state index in [1.165, 1.54) is 0 Å². The molecule has 3 rings (SSSR count). The summed E-state index contributed by atoms with van der Waals surface area (Å²) in [6.45, 7) is 3.03. The van der Waals surface area contributed by atoms with Gasteiger partial charge in [-0.2, -0.15) is 0 Å². The van der Waals surface area contributed by atoms with Crippen LogP contribution in [0, 0.1) is 0 Å². The van der Waals surface area contributed by atoms with Crippen molar-refractivity contribution in [2.75, 3.05) is 36.5 Å². The van der Waals surface area contributed by atoms with Gasteiger partial charge >= 0.3 is 0 Å². The second kappa shape index (κ2) is 7.13. The molecule has 1 aliphatic heterocycles. The van der Waals surface area contributed by atoms with E-state index in [1.54, 1.807) is 17.4 Å². The first-order chi connectivity index (χ1) is 10.7. The lowest BCUT2D eigenvalue weighted by Crippen LogP contribution is -2.36. The molecule has 0 aliphatic carbocycles. The van der Waals surface area contributed by atoms with Gasteiger partial charge in [0.2, 0.25) is 5.91 Å². The van der Waals surface area contributed by atoms with Crippen LogP contribution in [0.25, 0.3) is 0 Å². The number of rotatable bonds is 4. The Kier molecular flexibility index (Phi) is 4.97. The van der Waals surface area contributed by atoms with Crippen LogP contribution in [0.15, 0.2) is 35.7 Å². The number of ether oxygens (including phenoxy) is 1. The summed E-state index contributed by atoms with van der Waals surface area (Å²) in [6, 6.07) is 9.52. The Balaban J connectivity index is 1.76. The SMILES string of the molecule is O=C(Cc1cccs1)Nc1cc(Cl)ccc1N1CCOCC1. The zero-order chi connectivity index (χ0) is 15.4. The van der Waals surface area contributed by atoms with Crippen molar-refractivity contribution in [2.45, 2.75) is 6.42 Å². The Labute approximate surface area is 138 Å². The Morgan fingerprint density at radius 3 is 2.86 bits per heavy atom. The van der Waals surface area contributed by atoms with E-state index in [0.717, 1.165) is 29.3 Å². The van der Waals surface area contributed by atoms with Crippen LogP contribution in [-0.4, -0.2) is 32.2 Å². The number of hydrogen-bond donors (Lipinski definition) is 1. The fourth-order valence-electron chi connectivity index (χ4n) is 2.45. The number of nitrogens with zero attached hydrogens (tertiary/aromatic N) is 1. The van der Waals surface area contributed by atoms with Gasteiger partial charge in [-0.05, 0) is 29.6 Å². The molecule has 0 spiro atoms. The molecule has 0 radical (unpaired) electrons. The van der Waals surface area contributed by atoms with Gasteiger partial charge in [0.25, 0.3) is 0 Å². The summed E-state index contributed by atoms with van der Waals surface area (Å²) < 4.78 is 5.38. The maximum absolute atomic E-state index is 12.2. The van der Waals surface area contributed by atoms with Crippen molar-refractivity contribution in [3.63, 3.8) is 0 Å². The van der Waals surface area contributed by atoms with Crippen LogP contribution in [-0.2, 0) is 16.0 Å². The van der Waals surface area contributed by atoms with Gasteiger partial charge in [0.05, 0.1) is 31.0 Å². The highest BCUT2D eigenvalue weighted by Gasteiger charge is 2.16. The summed E-state index contributed by atoms with van der Waals surface area (Å²) >= 11 is 7.67. The number of nitrogens with one attached hydrogen (secondary N) is 1. The third-order valence-electron chi connectivity index (χ3n) is 3.50. The van der Waals surface area contributed by atoms with Crippen LogP contribution in [0.4, 0.5) is 11.4 Å². The number of carbonyl (C=O) groups excluding carboxylic acids is 1. The Morgan fingerprint density at radius 1 is 1.32 bits per heavy atom. The smallest absolute Gasteiger partial charge is 0.229 e. The van der Waals surface area contributed by atoms with E-state index in [2.05, 4.69) is 10.2 Å². The van der Waals surface area contributed by atoms with Crippen LogP contribution in [0.2, 0.25) is 5.02 Å². The van der Waals surface area contributed by atoms with Crippen molar-refractivity contribution in [3.05, 3.63) is 45.6 Å². The van der Waals surface area contributed by atoms with Gasteiger partial charge in [-0.15, -0.1) is 11.3 Å². The van der Waals surface area contributed by atoms with Gasteiger partial charge in [0, 0.05) is 23.0 Å². The molecule has 1 aromatic heterocycles. The largest absolute Gasteiger partial charge is 0.378 e. The molecular formula is C16H17ClN2O2S. The zero-order valence-electron chi connectivity index (χ0n) is 12.0. The highest BCUT2D eigenvalue weighted by molar-refractivity contribution is 7.10. The lowest BCUT2D eigenvalue weighted by atomic mass is 10.2. The molecular weight excluding hydrogens is 320 g/mol. The first kappa shape index (κ1) is 15.3. The predicted octanol–water partition coefficient (Wildman–Crippen LogP) is 3.42. The third-order valence-corrected chi connectivity index (χ3v) is 4.61. The van der Waals surface area contributed by atoms with E-state index < -0.39 is 0 Å². The van der Waals surface area contributed by atoms with Crippen molar-refractivity contribution in [3.8, 4) is 0 Å². The number of halogens is 1. The molecule has 0 atom stereocenters. The van der Waals surface area contributed by atoms with E-state index >= 15 is 0 Å². The Bertz CT molecular complexity index is 640. The molecule has 4 nitrogen and oxygen atoms in total. The van der Waals surface area contributed by atoms with E-state index in [0.29, 0.717) is 24.7 Å². The number of amides is 1. The minimum Gasteiger partial charge on any atom is -0.378 e. The van der Waals surface area contributed by atoms with Gasteiger partial charge in [-0.1, -0.05) is 17.7 Å². The number of thiophene rings is 1. The topological polar surface area (TPSA) is 41.6 Å². The van der Waals surface area contributed by atoms with Crippen LogP contribution in [0.5, 0.6) is 0 Å². The number of anilines is 2. The summed E-state index contributed by atoms with van der Waals surface area (Å²) in [4.78, 5) is 15.5. The average Bonchev–Trinajstić information content (AvgIpc) is 3.01. The molecule has 6 heteroatoms. The zero-order valence-corrected chi connectivity index (χ0v) is 13.6. The molecule has 0 unspecified atom stereocenters. The van der Waals surface area contributed by atoms with Gasteiger partial charge in [-0.25, -0.2) is 0 Å². The molecule has 116 valence electrons. The van der Waals surface area contributed by atoms with E-state index in [-0.39, 0.29) is 5.91 Å². The normalized spacial score (nSPS) is 14.9. The molecule has 1 aromatic carbocycles. The van der Waals surface area contributed by atoms with Gasteiger partial charge in [0.1, 0.15) is 0 Å². The molecule has 1 saturated heterocycles. The highest BCUT2D eigenvalue weighted by Crippen LogP contribution is 2.30. The summed E-state index contributed by atoms with van der Waals surface area (Å²) in [7, 11) is 0. The second-order valence-corrected chi connectivity index (χ2v) is 6.53. The fraction of sp³-hybridized carbons (Fsp3) is 0.312. The number of hydrogen-bond acceptors (Lipinski definition) is 4. The molecule has 1 N–H and O–H groups in total. The summed E-state index contributed by atoms with van der Waals surface area (Å²) in [5, 5.41) is 5.58. The second-order valence-electron chi connectivity index (χ2n) is 5.07. The Morgan fingerprint density at radius 2 is 2.14 bits per heavy atom. The minimum absolute atomic E-state index is 0.0285. The third kappa shape index (κ3) is 3.80. The number of morpholine rings is 1. The maximum atomic E-state index is 12.2. The van der Waals surface area contributed by atoms with Crippen LogP contribution >= 0.6 is 22.9 Å². The van der Waals surface area contributed by atoms with E-state index in [1.807, 2.05) is 29.6 Å². The van der Waals surface area contributed by atoms with Crippen molar-refractivity contribution in [2.24, 2.45) is 0 Å². The molecule has 22 heavy (non-hydrogen) atoms. The van der Waals surface area contributed by atoms with Crippen molar-refractivity contribution >= 4 is 40.2 Å². The first-order valence-corrected chi connectivity index (χ1v) is 8.42. The Hall–Kier alpha value is -1.56. The van der Waals surface area contributed by atoms with E-state index in [4.69, 9.17) is 16.3 Å². The molecule has 2 heterocycles. The molecule has 1 amide bonds. The standard InChI is InChI=1S/C16H17ClN2O2S/c17-12-3-4-15(19-5-7-21-8-6-19)14(10-12)18-16(20)11-13-2-1-9-22-13/h1-4,9-10H,5-8,11H2,(H,18,20). The quantitative estimate of drug-likeness (QED) is 0.930.